The van der Waals surface area contributed by atoms with Gasteiger partial charge in [0.05, 0.1) is 0 Å². The zero-order chi connectivity index (χ0) is 19.1. The van der Waals surface area contributed by atoms with Crippen molar-refractivity contribution in [2.24, 2.45) is 0 Å². The summed E-state index contributed by atoms with van der Waals surface area (Å²) in [5.74, 6) is 2.20. The van der Waals surface area contributed by atoms with E-state index in [2.05, 4.69) is 10.1 Å². The van der Waals surface area contributed by atoms with Crippen LogP contribution in [0.3, 0.4) is 0 Å². The Morgan fingerprint density at radius 2 is 1.93 bits per heavy atom. The molecule has 0 N–H and O–H groups in total. The van der Waals surface area contributed by atoms with Crippen molar-refractivity contribution in [1.82, 2.24) is 15.0 Å². The summed E-state index contributed by atoms with van der Waals surface area (Å²) in [7, 11) is 0. The predicted octanol–water partition coefficient (Wildman–Crippen LogP) is 3.75. The van der Waals surface area contributed by atoms with E-state index in [-0.39, 0.29) is 18.7 Å². The lowest BCUT2D eigenvalue weighted by Crippen LogP contribution is -2.30. The summed E-state index contributed by atoms with van der Waals surface area (Å²) < 4.78 is 16.2. The Labute approximate surface area is 161 Å². The summed E-state index contributed by atoms with van der Waals surface area (Å²) in [6, 6.07) is 13.0. The number of ether oxygens (including phenoxy) is 2. The second-order valence-electron chi connectivity index (χ2n) is 7.05. The summed E-state index contributed by atoms with van der Waals surface area (Å²) in [6.45, 7) is 2.87. The van der Waals surface area contributed by atoms with Crippen LogP contribution in [0, 0.1) is 6.92 Å². The fraction of sp³-hybridized carbons (Fsp3) is 0.286. The largest absolute Gasteiger partial charge is 0.454 e. The number of likely N-dealkylation sites (tertiary alicyclic amines) is 1. The molecule has 7 heteroatoms. The first-order valence-electron chi connectivity index (χ1n) is 9.30. The summed E-state index contributed by atoms with van der Waals surface area (Å²) in [4.78, 5) is 19.4. The van der Waals surface area contributed by atoms with Crippen molar-refractivity contribution < 1.29 is 18.8 Å². The average molecular weight is 377 g/mol. The van der Waals surface area contributed by atoms with E-state index in [9.17, 15) is 4.79 Å². The van der Waals surface area contributed by atoms with Gasteiger partial charge in [-0.15, -0.1) is 0 Å². The summed E-state index contributed by atoms with van der Waals surface area (Å²) in [5.41, 5.74) is 2.63. The molecule has 2 aromatic carbocycles. The first-order valence-corrected chi connectivity index (χ1v) is 9.30. The fourth-order valence-electron chi connectivity index (χ4n) is 3.65. The minimum Gasteiger partial charge on any atom is -0.454 e. The summed E-state index contributed by atoms with van der Waals surface area (Å²) >= 11 is 0. The van der Waals surface area contributed by atoms with Gasteiger partial charge < -0.3 is 18.9 Å². The molecule has 1 saturated heterocycles. The van der Waals surface area contributed by atoms with Crippen LogP contribution in [0.4, 0.5) is 0 Å². The number of carbonyl (C=O) groups is 1. The molecule has 5 rings (SSSR count). The number of nitrogens with zero attached hydrogens (tertiary/aromatic N) is 3. The van der Waals surface area contributed by atoms with Crippen molar-refractivity contribution in [3.05, 3.63) is 59.5 Å². The van der Waals surface area contributed by atoms with E-state index in [0.29, 0.717) is 35.3 Å². The molecule has 2 aliphatic heterocycles. The second-order valence-corrected chi connectivity index (χ2v) is 7.05. The van der Waals surface area contributed by atoms with Gasteiger partial charge in [-0.3, -0.25) is 4.79 Å². The van der Waals surface area contributed by atoms with Crippen molar-refractivity contribution in [1.29, 1.82) is 0 Å². The Bertz CT molecular complexity index is 1030. The molecule has 1 fully saturated rings. The molecular formula is C21H19N3O4. The molecule has 1 amide bonds. The molecule has 0 spiro atoms. The third kappa shape index (κ3) is 2.89. The molecule has 0 saturated carbocycles. The van der Waals surface area contributed by atoms with Crippen molar-refractivity contribution in [3.8, 4) is 22.9 Å². The van der Waals surface area contributed by atoms with Crippen LogP contribution in [-0.4, -0.2) is 34.3 Å². The Morgan fingerprint density at radius 3 is 2.79 bits per heavy atom. The molecule has 0 aliphatic carbocycles. The number of benzene rings is 2. The number of hydrogen-bond donors (Lipinski definition) is 0. The maximum absolute atomic E-state index is 13.1. The number of aromatic nitrogens is 2. The van der Waals surface area contributed by atoms with Gasteiger partial charge in [0.1, 0.15) is 6.04 Å². The second kappa shape index (κ2) is 6.67. The van der Waals surface area contributed by atoms with Crippen molar-refractivity contribution in [2.75, 3.05) is 13.3 Å². The standard InChI is InChI=1S/C21H19N3O4/c1-13-4-6-14(7-5-13)19-22-20(28-23-19)16-3-2-10-24(16)21(25)15-8-9-17-18(11-15)27-12-26-17/h4-9,11,16H,2-3,10,12H2,1H3/t16-/m1/s1. The minimum absolute atomic E-state index is 0.0733. The van der Waals surface area contributed by atoms with Crippen LogP contribution in [0.15, 0.2) is 47.0 Å². The van der Waals surface area contributed by atoms with E-state index in [1.54, 1.807) is 23.1 Å². The third-order valence-corrected chi connectivity index (χ3v) is 5.17. The Balaban J connectivity index is 1.40. The lowest BCUT2D eigenvalue weighted by atomic mass is 10.1. The molecule has 0 bridgehead atoms. The highest BCUT2D eigenvalue weighted by Crippen LogP contribution is 2.36. The Hall–Kier alpha value is -3.35. The van der Waals surface area contributed by atoms with Crippen LogP contribution in [0.25, 0.3) is 11.4 Å². The molecule has 28 heavy (non-hydrogen) atoms. The van der Waals surface area contributed by atoms with Gasteiger partial charge in [-0.25, -0.2) is 0 Å². The van der Waals surface area contributed by atoms with Crippen LogP contribution < -0.4 is 9.47 Å². The molecule has 1 aromatic heterocycles. The van der Waals surface area contributed by atoms with Gasteiger partial charge in [0.15, 0.2) is 11.5 Å². The number of aryl methyl sites for hydroxylation is 1. The fourth-order valence-corrected chi connectivity index (χ4v) is 3.65. The van der Waals surface area contributed by atoms with Gasteiger partial charge in [0, 0.05) is 17.7 Å². The topological polar surface area (TPSA) is 77.7 Å². The highest BCUT2D eigenvalue weighted by molar-refractivity contribution is 5.95. The van der Waals surface area contributed by atoms with E-state index < -0.39 is 0 Å². The maximum Gasteiger partial charge on any atom is 0.254 e. The van der Waals surface area contributed by atoms with Gasteiger partial charge in [-0.1, -0.05) is 35.0 Å². The van der Waals surface area contributed by atoms with Crippen molar-refractivity contribution in [2.45, 2.75) is 25.8 Å². The first kappa shape index (κ1) is 16.8. The first-order chi connectivity index (χ1) is 13.7. The van der Waals surface area contributed by atoms with Crippen molar-refractivity contribution >= 4 is 5.91 Å². The number of amides is 1. The van der Waals surface area contributed by atoms with Crippen LogP contribution in [0.1, 0.15) is 40.7 Å². The molecule has 0 unspecified atom stereocenters. The molecule has 142 valence electrons. The quantitative estimate of drug-likeness (QED) is 0.692. The number of rotatable bonds is 3. The van der Waals surface area contributed by atoms with Crippen LogP contribution in [0.5, 0.6) is 11.5 Å². The van der Waals surface area contributed by atoms with E-state index in [0.717, 1.165) is 18.4 Å². The summed E-state index contributed by atoms with van der Waals surface area (Å²) in [6.07, 6.45) is 1.69. The molecule has 3 aromatic rings. The van der Waals surface area contributed by atoms with Gasteiger partial charge >= 0.3 is 0 Å². The third-order valence-electron chi connectivity index (χ3n) is 5.17. The maximum atomic E-state index is 13.1. The lowest BCUT2D eigenvalue weighted by Gasteiger charge is -2.22. The SMILES string of the molecule is Cc1ccc(-c2noc([C@H]3CCCN3C(=O)c3ccc4c(c3)OCO4)n2)cc1. The van der Waals surface area contributed by atoms with Gasteiger partial charge in [0.25, 0.3) is 5.91 Å². The normalized spacial score (nSPS) is 17.9. The van der Waals surface area contributed by atoms with Crippen LogP contribution >= 0.6 is 0 Å². The highest BCUT2D eigenvalue weighted by Gasteiger charge is 2.35. The van der Waals surface area contributed by atoms with Gasteiger partial charge in [-0.2, -0.15) is 4.98 Å². The monoisotopic (exact) mass is 377 g/mol. The van der Waals surface area contributed by atoms with E-state index in [1.807, 2.05) is 31.2 Å². The Kier molecular flexibility index (Phi) is 4.00. The predicted molar refractivity (Wildman–Crippen MR) is 100 cm³/mol. The van der Waals surface area contributed by atoms with Gasteiger partial charge in [0.2, 0.25) is 18.5 Å². The van der Waals surface area contributed by atoms with Gasteiger partial charge in [-0.05, 0) is 38.0 Å². The van der Waals surface area contributed by atoms with Crippen LogP contribution in [0.2, 0.25) is 0 Å². The smallest absolute Gasteiger partial charge is 0.254 e. The molecule has 1 atom stereocenters. The lowest BCUT2D eigenvalue weighted by molar-refractivity contribution is 0.0709. The molecule has 3 heterocycles. The number of carbonyl (C=O) groups excluding carboxylic acids is 1. The highest BCUT2D eigenvalue weighted by atomic mass is 16.7. The number of hydrogen-bond acceptors (Lipinski definition) is 6. The molecule has 0 radical (unpaired) electrons. The zero-order valence-corrected chi connectivity index (χ0v) is 15.4. The van der Waals surface area contributed by atoms with Crippen LogP contribution in [-0.2, 0) is 0 Å². The van der Waals surface area contributed by atoms with E-state index in [1.165, 1.54) is 5.56 Å². The zero-order valence-electron chi connectivity index (χ0n) is 15.4. The molecule has 7 nitrogen and oxygen atoms in total. The molecule has 2 aliphatic rings. The number of fused-ring (bicyclic) bond motifs is 1. The van der Waals surface area contributed by atoms with Crippen molar-refractivity contribution in [3.63, 3.8) is 0 Å². The summed E-state index contributed by atoms with van der Waals surface area (Å²) in [5, 5.41) is 4.11. The Morgan fingerprint density at radius 1 is 1.11 bits per heavy atom. The minimum atomic E-state index is -0.218. The average Bonchev–Trinajstić information content (AvgIpc) is 3.46. The van der Waals surface area contributed by atoms with E-state index >= 15 is 0 Å². The van der Waals surface area contributed by atoms with E-state index in [4.69, 9.17) is 14.0 Å². The molecular weight excluding hydrogens is 358 g/mol.